The fourth-order valence-corrected chi connectivity index (χ4v) is 3.68. The SMILES string of the molecule is Cc1ccc(-c2nc(CC(=O)Nc3ccccc3C(=O)NC3CC3)cs2)cc1. The van der Waals surface area contributed by atoms with Crippen LogP contribution in [-0.4, -0.2) is 22.8 Å². The number of rotatable bonds is 6. The van der Waals surface area contributed by atoms with Crippen molar-refractivity contribution in [3.05, 3.63) is 70.7 Å². The van der Waals surface area contributed by atoms with Crippen LogP contribution in [0.3, 0.4) is 0 Å². The van der Waals surface area contributed by atoms with Gasteiger partial charge in [-0.25, -0.2) is 4.98 Å². The summed E-state index contributed by atoms with van der Waals surface area (Å²) in [5.41, 5.74) is 3.98. The zero-order valence-electron chi connectivity index (χ0n) is 15.6. The molecule has 4 rings (SSSR count). The van der Waals surface area contributed by atoms with E-state index in [-0.39, 0.29) is 24.3 Å². The molecule has 0 unspecified atom stereocenters. The van der Waals surface area contributed by atoms with Gasteiger partial charge in [0, 0.05) is 17.0 Å². The van der Waals surface area contributed by atoms with Crippen molar-refractivity contribution in [2.24, 2.45) is 0 Å². The maximum atomic E-state index is 12.5. The average molecular weight is 391 g/mol. The minimum Gasteiger partial charge on any atom is -0.349 e. The Kier molecular flexibility index (Phi) is 5.21. The van der Waals surface area contributed by atoms with Crippen LogP contribution in [0.4, 0.5) is 5.69 Å². The molecule has 0 bridgehead atoms. The first-order valence-electron chi connectivity index (χ1n) is 9.29. The monoisotopic (exact) mass is 391 g/mol. The minimum absolute atomic E-state index is 0.145. The fraction of sp³-hybridized carbons (Fsp3) is 0.227. The summed E-state index contributed by atoms with van der Waals surface area (Å²) >= 11 is 1.52. The molecule has 3 aromatic rings. The van der Waals surface area contributed by atoms with Gasteiger partial charge in [-0.3, -0.25) is 9.59 Å². The number of para-hydroxylation sites is 1. The number of hydrogen-bond acceptors (Lipinski definition) is 4. The van der Waals surface area contributed by atoms with Crippen LogP contribution in [0.2, 0.25) is 0 Å². The first kappa shape index (κ1) is 18.4. The van der Waals surface area contributed by atoms with Crippen LogP contribution < -0.4 is 10.6 Å². The van der Waals surface area contributed by atoms with Crippen molar-refractivity contribution in [1.82, 2.24) is 10.3 Å². The summed E-state index contributed by atoms with van der Waals surface area (Å²) in [4.78, 5) is 29.4. The van der Waals surface area contributed by atoms with E-state index in [1.54, 1.807) is 18.2 Å². The highest BCUT2D eigenvalue weighted by molar-refractivity contribution is 7.13. The van der Waals surface area contributed by atoms with Crippen molar-refractivity contribution in [2.75, 3.05) is 5.32 Å². The molecule has 2 aromatic carbocycles. The first-order chi connectivity index (χ1) is 13.6. The van der Waals surface area contributed by atoms with E-state index in [9.17, 15) is 9.59 Å². The van der Waals surface area contributed by atoms with Gasteiger partial charge >= 0.3 is 0 Å². The standard InChI is InChI=1S/C22H21N3O2S/c1-14-6-8-15(9-7-14)22-24-17(13-28-22)12-20(26)25-19-5-3-2-4-18(19)21(27)23-16-10-11-16/h2-9,13,16H,10-12H2,1H3,(H,23,27)(H,25,26). The Labute approximate surface area is 167 Å². The highest BCUT2D eigenvalue weighted by Crippen LogP contribution is 2.25. The summed E-state index contributed by atoms with van der Waals surface area (Å²) in [6, 6.07) is 15.5. The first-order valence-corrected chi connectivity index (χ1v) is 10.2. The van der Waals surface area contributed by atoms with E-state index in [0.717, 1.165) is 29.1 Å². The van der Waals surface area contributed by atoms with Crippen LogP contribution >= 0.6 is 11.3 Å². The number of carbonyl (C=O) groups excluding carboxylic acids is 2. The molecule has 1 aliphatic rings. The molecular formula is C22H21N3O2S. The van der Waals surface area contributed by atoms with Crippen molar-refractivity contribution in [2.45, 2.75) is 32.2 Å². The van der Waals surface area contributed by atoms with E-state index < -0.39 is 0 Å². The van der Waals surface area contributed by atoms with Crippen LogP contribution in [0, 0.1) is 6.92 Å². The second kappa shape index (κ2) is 7.94. The van der Waals surface area contributed by atoms with Gasteiger partial charge in [0.25, 0.3) is 5.91 Å². The lowest BCUT2D eigenvalue weighted by Crippen LogP contribution is -2.27. The summed E-state index contributed by atoms with van der Waals surface area (Å²) in [5.74, 6) is -0.332. The lowest BCUT2D eigenvalue weighted by atomic mass is 10.1. The number of anilines is 1. The summed E-state index contributed by atoms with van der Waals surface area (Å²) < 4.78 is 0. The Balaban J connectivity index is 1.42. The lowest BCUT2D eigenvalue weighted by molar-refractivity contribution is -0.115. The summed E-state index contributed by atoms with van der Waals surface area (Å²) in [7, 11) is 0. The van der Waals surface area contributed by atoms with E-state index in [0.29, 0.717) is 11.3 Å². The van der Waals surface area contributed by atoms with Crippen LogP contribution in [0.1, 0.15) is 34.5 Å². The third kappa shape index (κ3) is 4.46. The molecule has 0 aliphatic heterocycles. The molecule has 1 saturated carbocycles. The molecule has 6 heteroatoms. The normalized spacial score (nSPS) is 13.2. The van der Waals surface area contributed by atoms with E-state index in [1.807, 2.05) is 42.6 Å². The van der Waals surface area contributed by atoms with Gasteiger partial charge in [0.1, 0.15) is 5.01 Å². The molecule has 28 heavy (non-hydrogen) atoms. The van der Waals surface area contributed by atoms with Gasteiger partial charge in [0.05, 0.1) is 23.4 Å². The van der Waals surface area contributed by atoms with Crippen LogP contribution in [0.5, 0.6) is 0 Å². The average Bonchev–Trinajstić information content (AvgIpc) is 3.38. The Morgan fingerprint density at radius 1 is 1.11 bits per heavy atom. The number of amides is 2. The quantitative estimate of drug-likeness (QED) is 0.662. The highest BCUT2D eigenvalue weighted by Gasteiger charge is 2.25. The van der Waals surface area contributed by atoms with Crippen molar-refractivity contribution < 1.29 is 9.59 Å². The van der Waals surface area contributed by atoms with Crippen molar-refractivity contribution in [3.63, 3.8) is 0 Å². The van der Waals surface area contributed by atoms with Gasteiger partial charge in [-0.2, -0.15) is 0 Å². The molecule has 0 atom stereocenters. The van der Waals surface area contributed by atoms with Crippen LogP contribution in [0.25, 0.3) is 10.6 Å². The van der Waals surface area contributed by atoms with Gasteiger partial charge in [-0.1, -0.05) is 42.0 Å². The smallest absolute Gasteiger partial charge is 0.253 e. The molecule has 5 nitrogen and oxygen atoms in total. The third-order valence-corrected chi connectivity index (χ3v) is 5.49. The van der Waals surface area contributed by atoms with Gasteiger partial charge < -0.3 is 10.6 Å². The number of nitrogens with one attached hydrogen (secondary N) is 2. The molecule has 0 spiro atoms. The van der Waals surface area contributed by atoms with Crippen LogP contribution in [-0.2, 0) is 11.2 Å². The Bertz CT molecular complexity index is 1010. The molecule has 1 aliphatic carbocycles. The molecule has 1 fully saturated rings. The van der Waals surface area contributed by atoms with Gasteiger partial charge in [-0.15, -0.1) is 11.3 Å². The lowest BCUT2D eigenvalue weighted by Gasteiger charge is -2.10. The molecule has 0 saturated heterocycles. The maximum Gasteiger partial charge on any atom is 0.253 e. The number of hydrogen-bond donors (Lipinski definition) is 2. The predicted molar refractivity (Wildman–Crippen MR) is 112 cm³/mol. The van der Waals surface area contributed by atoms with Gasteiger partial charge in [0.15, 0.2) is 0 Å². The number of nitrogens with zero attached hydrogens (tertiary/aromatic N) is 1. The molecule has 1 heterocycles. The Morgan fingerprint density at radius 2 is 1.86 bits per heavy atom. The number of carbonyl (C=O) groups is 2. The van der Waals surface area contributed by atoms with E-state index in [4.69, 9.17) is 0 Å². The van der Waals surface area contributed by atoms with E-state index >= 15 is 0 Å². The zero-order valence-corrected chi connectivity index (χ0v) is 16.4. The largest absolute Gasteiger partial charge is 0.349 e. The van der Waals surface area contributed by atoms with Gasteiger partial charge in [-0.05, 0) is 31.9 Å². The second-order valence-electron chi connectivity index (χ2n) is 7.03. The zero-order chi connectivity index (χ0) is 19.5. The number of thiazole rings is 1. The van der Waals surface area contributed by atoms with Crippen molar-refractivity contribution in [3.8, 4) is 10.6 Å². The summed E-state index contributed by atoms with van der Waals surface area (Å²) in [5, 5.41) is 8.61. The molecule has 2 amide bonds. The number of benzene rings is 2. The summed E-state index contributed by atoms with van der Waals surface area (Å²) in [6.07, 6.45) is 2.21. The molecular weight excluding hydrogens is 370 g/mol. The van der Waals surface area contributed by atoms with E-state index in [2.05, 4.69) is 15.6 Å². The van der Waals surface area contributed by atoms with Gasteiger partial charge in [0.2, 0.25) is 5.91 Å². The molecule has 142 valence electrons. The predicted octanol–water partition coefficient (Wildman–Crippen LogP) is 4.19. The minimum atomic E-state index is -0.188. The molecule has 2 N–H and O–H groups in total. The van der Waals surface area contributed by atoms with Crippen molar-refractivity contribution in [1.29, 1.82) is 0 Å². The fourth-order valence-electron chi connectivity index (χ4n) is 2.86. The Morgan fingerprint density at radius 3 is 2.61 bits per heavy atom. The number of aromatic nitrogens is 1. The maximum absolute atomic E-state index is 12.5. The highest BCUT2D eigenvalue weighted by atomic mass is 32.1. The van der Waals surface area contributed by atoms with Crippen molar-refractivity contribution >= 4 is 28.8 Å². The van der Waals surface area contributed by atoms with Crippen LogP contribution in [0.15, 0.2) is 53.9 Å². The van der Waals surface area contributed by atoms with E-state index in [1.165, 1.54) is 16.9 Å². The molecule has 1 aromatic heterocycles. The number of aryl methyl sites for hydroxylation is 1. The molecule has 0 radical (unpaired) electrons. The topological polar surface area (TPSA) is 71.1 Å². The Hall–Kier alpha value is -2.99. The second-order valence-corrected chi connectivity index (χ2v) is 7.89. The third-order valence-electron chi connectivity index (χ3n) is 4.55. The summed E-state index contributed by atoms with van der Waals surface area (Å²) in [6.45, 7) is 2.05.